The molecule has 0 heterocycles. The summed E-state index contributed by atoms with van der Waals surface area (Å²) in [5.74, 6) is 0.418. The van der Waals surface area contributed by atoms with Gasteiger partial charge in [-0.1, -0.05) is 13.8 Å². The Bertz CT molecular complexity index is 536. The summed E-state index contributed by atoms with van der Waals surface area (Å²) in [5, 5.41) is 2.83. The van der Waals surface area contributed by atoms with Gasteiger partial charge in [-0.05, 0) is 43.5 Å². The quantitative estimate of drug-likeness (QED) is 0.810. The molecule has 0 atom stereocenters. The molecule has 0 spiro atoms. The summed E-state index contributed by atoms with van der Waals surface area (Å²) in [5.41, 5.74) is 0.985. The molecule has 6 heteroatoms. The van der Waals surface area contributed by atoms with Crippen LogP contribution >= 0.6 is 0 Å². The van der Waals surface area contributed by atoms with Crippen LogP contribution in [0.3, 0.4) is 0 Å². The van der Waals surface area contributed by atoms with Crippen molar-refractivity contribution in [3.05, 3.63) is 29.8 Å². The summed E-state index contributed by atoms with van der Waals surface area (Å²) in [6.07, 6.45) is 0.931. The van der Waals surface area contributed by atoms with Crippen LogP contribution in [0.15, 0.2) is 24.3 Å². The first-order valence-electron chi connectivity index (χ1n) is 6.73. The van der Waals surface area contributed by atoms with E-state index in [1.807, 2.05) is 0 Å². The van der Waals surface area contributed by atoms with Gasteiger partial charge in [-0.25, -0.2) is 8.42 Å². The average Bonchev–Trinajstić information content (AvgIpc) is 2.38. The minimum absolute atomic E-state index is 0.0183. The molecular weight excluding hydrogens is 276 g/mol. The van der Waals surface area contributed by atoms with Crippen molar-refractivity contribution in [1.29, 1.82) is 0 Å². The van der Waals surface area contributed by atoms with E-state index in [2.05, 4.69) is 23.9 Å². The van der Waals surface area contributed by atoms with E-state index in [9.17, 15) is 13.2 Å². The van der Waals surface area contributed by atoms with Crippen LogP contribution in [0.2, 0.25) is 0 Å². The minimum atomic E-state index is -3.28. The molecule has 0 unspecified atom stereocenters. The third-order valence-electron chi connectivity index (χ3n) is 2.81. The van der Waals surface area contributed by atoms with Crippen LogP contribution in [-0.4, -0.2) is 26.6 Å². The van der Waals surface area contributed by atoms with Crippen molar-refractivity contribution in [3.63, 3.8) is 0 Å². The lowest BCUT2D eigenvalue weighted by molar-refractivity contribution is 0.0952. The Hall–Kier alpha value is -1.56. The average molecular weight is 298 g/mol. The van der Waals surface area contributed by atoms with Crippen LogP contribution in [0.25, 0.3) is 0 Å². The number of hydrogen-bond donors (Lipinski definition) is 2. The highest BCUT2D eigenvalue weighted by atomic mass is 32.2. The monoisotopic (exact) mass is 298 g/mol. The molecule has 1 aromatic rings. The fourth-order valence-corrected chi connectivity index (χ4v) is 2.16. The summed E-state index contributed by atoms with van der Waals surface area (Å²) in [6.45, 7) is 6.40. The predicted octanol–water partition coefficient (Wildman–Crippen LogP) is 2.22. The number of nitrogens with one attached hydrogen (secondary N) is 2. The smallest absolute Gasteiger partial charge is 0.251 e. The number of rotatable bonds is 7. The van der Waals surface area contributed by atoms with Crippen molar-refractivity contribution in [3.8, 4) is 0 Å². The number of carbonyl (C=O) groups is 1. The maximum absolute atomic E-state index is 11.8. The number of benzene rings is 1. The first-order chi connectivity index (χ1) is 9.34. The standard InChI is InChI=1S/C14H22N2O3S/c1-4-20(18,19)16-13-7-5-12(6-8-13)14(17)15-10-9-11(2)3/h5-8,11,16H,4,9-10H2,1-3H3,(H,15,17). The summed E-state index contributed by atoms with van der Waals surface area (Å²) in [7, 11) is -3.28. The molecule has 112 valence electrons. The highest BCUT2D eigenvalue weighted by Gasteiger charge is 2.08. The second-order valence-corrected chi connectivity index (χ2v) is 7.03. The lowest BCUT2D eigenvalue weighted by atomic mass is 10.1. The van der Waals surface area contributed by atoms with Gasteiger partial charge < -0.3 is 5.32 Å². The summed E-state index contributed by atoms with van der Waals surface area (Å²) < 4.78 is 25.2. The van der Waals surface area contributed by atoms with Crippen LogP contribution in [0.1, 0.15) is 37.6 Å². The molecule has 0 saturated carbocycles. The molecule has 0 aliphatic carbocycles. The Kier molecular flexibility index (Phi) is 6.01. The lowest BCUT2D eigenvalue weighted by Crippen LogP contribution is -2.25. The van der Waals surface area contributed by atoms with E-state index in [-0.39, 0.29) is 11.7 Å². The highest BCUT2D eigenvalue weighted by molar-refractivity contribution is 7.92. The second-order valence-electron chi connectivity index (χ2n) is 5.02. The molecule has 0 radical (unpaired) electrons. The van der Waals surface area contributed by atoms with E-state index < -0.39 is 10.0 Å². The van der Waals surface area contributed by atoms with E-state index in [1.54, 1.807) is 31.2 Å². The number of hydrogen-bond acceptors (Lipinski definition) is 3. The summed E-state index contributed by atoms with van der Waals surface area (Å²) in [6, 6.07) is 6.39. The van der Waals surface area contributed by atoms with Crippen LogP contribution in [-0.2, 0) is 10.0 Å². The fourth-order valence-electron chi connectivity index (χ4n) is 1.52. The van der Waals surface area contributed by atoms with E-state index >= 15 is 0 Å². The second kappa shape index (κ2) is 7.28. The number of carbonyl (C=O) groups excluding carboxylic acids is 1. The summed E-state index contributed by atoms with van der Waals surface area (Å²) >= 11 is 0. The molecule has 5 nitrogen and oxygen atoms in total. The van der Waals surface area contributed by atoms with Crippen molar-refractivity contribution >= 4 is 21.6 Å². The first kappa shape index (κ1) is 16.5. The molecule has 0 aromatic heterocycles. The minimum Gasteiger partial charge on any atom is -0.352 e. The highest BCUT2D eigenvalue weighted by Crippen LogP contribution is 2.11. The SMILES string of the molecule is CCS(=O)(=O)Nc1ccc(C(=O)NCCC(C)C)cc1. The zero-order chi connectivity index (χ0) is 15.2. The third-order valence-corrected chi connectivity index (χ3v) is 4.11. The van der Waals surface area contributed by atoms with Gasteiger partial charge in [-0.2, -0.15) is 0 Å². The van der Waals surface area contributed by atoms with Gasteiger partial charge in [0.1, 0.15) is 0 Å². The number of amides is 1. The molecule has 2 N–H and O–H groups in total. The van der Waals surface area contributed by atoms with Crippen molar-refractivity contribution in [2.45, 2.75) is 27.2 Å². The van der Waals surface area contributed by atoms with Crippen molar-refractivity contribution in [1.82, 2.24) is 5.32 Å². The zero-order valence-electron chi connectivity index (χ0n) is 12.1. The Morgan fingerprint density at radius 2 is 1.80 bits per heavy atom. The van der Waals surface area contributed by atoms with E-state index in [0.717, 1.165) is 6.42 Å². The molecule has 1 amide bonds. The van der Waals surface area contributed by atoms with Gasteiger partial charge in [0.2, 0.25) is 10.0 Å². The van der Waals surface area contributed by atoms with E-state index in [0.29, 0.717) is 23.7 Å². The van der Waals surface area contributed by atoms with E-state index in [4.69, 9.17) is 0 Å². The molecule has 0 fully saturated rings. The van der Waals surface area contributed by atoms with Gasteiger partial charge >= 0.3 is 0 Å². The topological polar surface area (TPSA) is 75.3 Å². The van der Waals surface area contributed by atoms with Crippen molar-refractivity contribution in [2.24, 2.45) is 5.92 Å². The Balaban J connectivity index is 2.60. The van der Waals surface area contributed by atoms with Crippen LogP contribution < -0.4 is 10.0 Å². The van der Waals surface area contributed by atoms with Gasteiger partial charge in [0, 0.05) is 17.8 Å². The maximum atomic E-state index is 11.8. The lowest BCUT2D eigenvalue weighted by Gasteiger charge is -2.09. The molecule has 20 heavy (non-hydrogen) atoms. The van der Waals surface area contributed by atoms with Gasteiger partial charge in [-0.15, -0.1) is 0 Å². The Labute approximate surface area is 120 Å². The molecule has 0 aliphatic heterocycles. The molecule has 0 aliphatic rings. The van der Waals surface area contributed by atoms with E-state index in [1.165, 1.54) is 0 Å². The zero-order valence-corrected chi connectivity index (χ0v) is 13.0. The Morgan fingerprint density at radius 1 is 1.20 bits per heavy atom. The molecular formula is C14H22N2O3S. The van der Waals surface area contributed by atoms with Gasteiger partial charge in [-0.3, -0.25) is 9.52 Å². The maximum Gasteiger partial charge on any atom is 0.251 e. The molecule has 1 rings (SSSR count). The molecule has 1 aromatic carbocycles. The molecule has 0 saturated heterocycles. The number of anilines is 1. The normalized spacial score (nSPS) is 11.4. The number of sulfonamides is 1. The third kappa shape index (κ3) is 5.61. The molecule has 0 bridgehead atoms. The largest absolute Gasteiger partial charge is 0.352 e. The van der Waals surface area contributed by atoms with Gasteiger partial charge in [0.05, 0.1) is 5.75 Å². The Morgan fingerprint density at radius 3 is 2.30 bits per heavy atom. The van der Waals surface area contributed by atoms with Crippen molar-refractivity contribution < 1.29 is 13.2 Å². The van der Waals surface area contributed by atoms with Crippen LogP contribution in [0.5, 0.6) is 0 Å². The van der Waals surface area contributed by atoms with Gasteiger partial charge in [0.15, 0.2) is 0 Å². The fraction of sp³-hybridized carbons (Fsp3) is 0.500. The van der Waals surface area contributed by atoms with Crippen LogP contribution in [0, 0.1) is 5.92 Å². The first-order valence-corrected chi connectivity index (χ1v) is 8.38. The van der Waals surface area contributed by atoms with Gasteiger partial charge in [0.25, 0.3) is 5.91 Å². The predicted molar refractivity (Wildman–Crippen MR) is 81.3 cm³/mol. The van der Waals surface area contributed by atoms with Crippen molar-refractivity contribution in [2.75, 3.05) is 17.0 Å². The summed E-state index contributed by atoms with van der Waals surface area (Å²) in [4.78, 5) is 11.8. The van der Waals surface area contributed by atoms with Crippen LogP contribution in [0.4, 0.5) is 5.69 Å².